The summed E-state index contributed by atoms with van der Waals surface area (Å²) in [6, 6.07) is 3.15. The Morgan fingerprint density at radius 1 is 1.26 bits per heavy atom. The minimum absolute atomic E-state index is 0.232. The van der Waals surface area contributed by atoms with Crippen LogP contribution in [-0.2, 0) is 13.0 Å². The van der Waals surface area contributed by atoms with Gasteiger partial charge in [-0.15, -0.1) is 10.2 Å². The molecule has 1 fully saturated rings. The second kappa shape index (κ2) is 6.66. The molecular weight excluding hydrogens is 349 g/mol. The minimum atomic E-state index is -0.232. The fourth-order valence-electron chi connectivity index (χ4n) is 3.74. The van der Waals surface area contributed by atoms with Gasteiger partial charge in [0.2, 0.25) is 5.95 Å². The number of aromatic nitrogens is 4. The van der Waals surface area contributed by atoms with Crippen molar-refractivity contribution in [3.8, 4) is 5.75 Å². The summed E-state index contributed by atoms with van der Waals surface area (Å²) in [7, 11) is 0. The monoisotopic (exact) mass is 369 g/mol. The number of rotatable bonds is 4. The molecule has 0 amide bonds. The van der Waals surface area contributed by atoms with Crippen LogP contribution in [-0.4, -0.2) is 52.4 Å². The Balaban J connectivity index is 1.44. The Morgan fingerprint density at radius 2 is 2.15 bits per heavy atom. The highest BCUT2D eigenvalue weighted by atomic mass is 19.1. The van der Waals surface area contributed by atoms with E-state index in [0.717, 1.165) is 55.2 Å². The maximum Gasteiger partial charge on any atom is 0.210 e. The molecule has 2 aliphatic rings. The van der Waals surface area contributed by atoms with Gasteiger partial charge in [-0.05, 0) is 12.1 Å². The summed E-state index contributed by atoms with van der Waals surface area (Å²) in [5.41, 5.74) is 3.26. The normalized spacial score (nSPS) is 16.4. The van der Waals surface area contributed by atoms with Crippen molar-refractivity contribution < 1.29 is 9.13 Å². The number of fused-ring (bicyclic) bond motifs is 2. The second-order valence-corrected chi connectivity index (χ2v) is 6.68. The predicted octanol–water partition coefficient (Wildman–Crippen LogP) is 1.22. The lowest BCUT2D eigenvalue weighted by Crippen LogP contribution is -2.43. The molecular formula is C18H20FN7O. The van der Waals surface area contributed by atoms with Crippen LogP contribution in [0.4, 0.5) is 16.0 Å². The Bertz CT molecular complexity index is 983. The SMILES string of the molecule is Fc1ccc2c(c1CNc1ncc(N3CCNCC3)c3nncn13)CCO2. The van der Waals surface area contributed by atoms with Crippen LogP contribution < -0.4 is 20.3 Å². The Labute approximate surface area is 155 Å². The molecule has 1 aromatic carbocycles. The quantitative estimate of drug-likeness (QED) is 0.716. The smallest absolute Gasteiger partial charge is 0.210 e. The van der Waals surface area contributed by atoms with Gasteiger partial charge >= 0.3 is 0 Å². The first-order valence-corrected chi connectivity index (χ1v) is 9.12. The molecule has 2 aromatic heterocycles. The molecule has 0 bridgehead atoms. The standard InChI is InChI=1S/C18H20FN7O/c19-14-1-2-16-12(3-8-27-16)13(14)9-21-18-22-10-15(17-24-23-11-26(17)18)25-6-4-20-5-7-25/h1-2,10-11,20H,3-9H2,(H,21,22). The van der Waals surface area contributed by atoms with Crippen LogP contribution in [0.1, 0.15) is 11.1 Å². The summed E-state index contributed by atoms with van der Waals surface area (Å²) in [6.45, 7) is 4.59. The molecule has 140 valence electrons. The maximum atomic E-state index is 14.3. The third kappa shape index (κ3) is 2.84. The van der Waals surface area contributed by atoms with Gasteiger partial charge in [-0.1, -0.05) is 0 Å². The first kappa shape index (κ1) is 16.2. The first-order valence-electron chi connectivity index (χ1n) is 9.12. The van der Waals surface area contributed by atoms with Crippen LogP contribution in [0.25, 0.3) is 5.65 Å². The molecule has 0 unspecified atom stereocenters. The lowest BCUT2D eigenvalue weighted by atomic mass is 10.0. The van der Waals surface area contributed by atoms with Gasteiger partial charge in [0.1, 0.15) is 23.6 Å². The molecule has 8 nitrogen and oxygen atoms in total. The summed E-state index contributed by atoms with van der Waals surface area (Å²) in [5.74, 6) is 1.12. The van der Waals surface area contributed by atoms with Gasteiger partial charge in [0.15, 0.2) is 5.65 Å². The average Bonchev–Trinajstić information content (AvgIpc) is 3.37. The summed E-state index contributed by atoms with van der Waals surface area (Å²) in [6.07, 6.45) is 4.17. The molecule has 9 heteroatoms. The summed E-state index contributed by atoms with van der Waals surface area (Å²) in [4.78, 5) is 6.80. The van der Waals surface area contributed by atoms with E-state index in [2.05, 4.69) is 30.7 Å². The zero-order valence-electron chi connectivity index (χ0n) is 14.8. The highest BCUT2D eigenvalue weighted by Crippen LogP contribution is 2.31. The van der Waals surface area contributed by atoms with Crippen molar-refractivity contribution in [2.24, 2.45) is 0 Å². The summed E-state index contributed by atoms with van der Waals surface area (Å²) in [5, 5.41) is 14.9. The number of nitrogens with zero attached hydrogens (tertiary/aromatic N) is 5. The third-order valence-corrected chi connectivity index (χ3v) is 5.14. The summed E-state index contributed by atoms with van der Waals surface area (Å²) >= 11 is 0. The van der Waals surface area contributed by atoms with Crippen molar-refractivity contribution in [2.45, 2.75) is 13.0 Å². The minimum Gasteiger partial charge on any atom is -0.493 e. The number of hydrogen-bond acceptors (Lipinski definition) is 7. The molecule has 2 N–H and O–H groups in total. The average molecular weight is 369 g/mol. The van der Waals surface area contributed by atoms with Gasteiger partial charge in [-0.3, -0.25) is 0 Å². The highest BCUT2D eigenvalue weighted by molar-refractivity contribution is 5.69. The van der Waals surface area contributed by atoms with E-state index in [9.17, 15) is 4.39 Å². The Hall–Kier alpha value is -2.94. The van der Waals surface area contributed by atoms with Crippen LogP contribution in [0.5, 0.6) is 5.75 Å². The van der Waals surface area contributed by atoms with Crippen LogP contribution in [0, 0.1) is 5.82 Å². The largest absolute Gasteiger partial charge is 0.493 e. The fourth-order valence-corrected chi connectivity index (χ4v) is 3.74. The number of hydrogen-bond donors (Lipinski definition) is 2. The molecule has 0 atom stereocenters. The van der Waals surface area contributed by atoms with Crippen molar-refractivity contribution in [3.63, 3.8) is 0 Å². The van der Waals surface area contributed by atoms with Gasteiger partial charge in [-0.2, -0.15) is 0 Å². The molecule has 1 saturated heterocycles. The lowest BCUT2D eigenvalue weighted by Gasteiger charge is -2.29. The number of halogens is 1. The van der Waals surface area contributed by atoms with Crippen LogP contribution in [0.3, 0.4) is 0 Å². The molecule has 4 heterocycles. The van der Waals surface area contributed by atoms with Gasteiger partial charge in [0.05, 0.1) is 12.8 Å². The molecule has 0 radical (unpaired) electrons. The van der Waals surface area contributed by atoms with Gasteiger partial charge in [0, 0.05) is 50.3 Å². The molecule has 3 aromatic rings. The Morgan fingerprint density at radius 3 is 3.04 bits per heavy atom. The number of piperazine rings is 1. The van der Waals surface area contributed by atoms with Crippen LogP contribution >= 0.6 is 0 Å². The second-order valence-electron chi connectivity index (χ2n) is 6.68. The third-order valence-electron chi connectivity index (χ3n) is 5.14. The van der Waals surface area contributed by atoms with Crippen molar-refractivity contribution >= 4 is 17.3 Å². The molecule has 0 spiro atoms. The molecule has 27 heavy (non-hydrogen) atoms. The van der Waals surface area contributed by atoms with E-state index in [1.807, 2.05) is 10.6 Å². The molecule has 0 aliphatic carbocycles. The van der Waals surface area contributed by atoms with Crippen molar-refractivity contribution in [2.75, 3.05) is 43.0 Å². The maximum absolute atomic E-state index is 14.3. The zero-order valence-corrected chi connectivity index (χ0v) is 14.8. The predicted molar refractivity (Wildman–Crippen MR) is 98.8 cm³/mol. The molecule has 5 rings (SSSR count). The van der Waals surface area contributed by atoms with E-state index in [1.54, 1.807) is 12.4 Å². The lowest BCUT2D eigenvalue weighted by molar-refractivity contribution is 0.356. The topological polar surface area (TPSA) is 79.6 Å². The Kier molecular flexibility index (Phi) is 4.01. The van der Waals surface area contributed by atoms with Gasteiger partial charge < -0.3 is 20.3 Å². The van der Waals surface area contributed by atoms with Gasteiger partial charge in [0.25, 0.3) is 0 Å². The molecule has 2 aliphatic heterocycles. The van der Waals surface area contributed by atoms with E-state index in [4.69, 9.17) is 4.74 Å². The van der Waals surface area contributed by atoms with Crippen LogP contribution in [0.2, 0.25) is 0 Å². The van der Waals surface area contributed by atoms with Crippen LogP contribution in [0.15, 0.2) is 24.7 Å². The zero-order chi connectivity index (χ0) is 18.2. The van der Waals surface area contributed by atoms with E-state index < -0.39 is 0 Å². The van der Waals surface area contributed by atoms with Crippen molar-refractivity contribution in [3.05, 3.63) is 41.6 Å². The van der Waals surface area contributed by atoms with E-state index >= 15 is 0 Å². The van der Waals surface area contributed by atoms with Gasteiger partial charge in [-0.25, -0.2) is 13.8 Å². The van der Waals surface area contributed by atoms with Crippen molar-refractivity contribution in [1.29, 1.82) is 0 Å². The number of nitrogens with one attached hydrogen (secondary N) is 2. The number of anilines is 2. The fraction of sp³-hybridized carbons (Fsp3) is 0.389. The van der Waals surface area contributed by atoms with E-state index in [-0.39, 0.29) is 5.82 Å². The van der Waals surface area contributed by atoms with E-state index in [0.29, 0.717) is 24.7 Å². The molecule has 0 saturated carbocycles. The number of benzene rings is 1. The number of ether oxygens (including phenoxy) is 1. The van der Waals surface area contributed by atoms with Crippen molar-refractivity contribution in [1.82, 2.24) is 24.9 Å². The first-order chi connectivity index (χ1) is 13.3. The summed E-state index contributed by atoms with van der Waals surface area (Å²) < 4.78 is 21.7. The highest BCUT2D eigenvalue weighted by Gasteiger charge is 2.21. The van der Waals surface area contributed by atoms with E-state index in [1.165, 1.54) is 6.07 Å².